The Kier molecular flexibility index (Phi) is 7.09. The van der Waals surface area contributed by atoms with E-state index in [0.717, 1.165) is 11.1 Å². The standard InChI is InChI=1S/C24H23ClN2O5S/c1-14-7-5-10-21(15(14)2)27-33(30,31)22-13-17(11-12-19(22)25)23(28)26-20-9-6-8-18(16(20)3)24(29)32-4/h5-13,27H,1-4H3,(H,26,28). The number of methoxy groups -OCH3 is 1. The topological polar surface area (TPSA) is 102 Å². The summed E-state index contributed by atoms with van der Waals surface area (Å²) in [4.78, 5) is 24.6. The van der Waals surface area contributed by atoms with E-state index in [1.54, 1.807) is 37.3 Å². The summed E-state index contributed by atoms with van der Waals surface area (Å²) in [5.74, 6) is -1.08. The molecule has 9 heteroatoms. The molecular weight excluding hydrogens is 464 g/mol. The Labute approximate surface area is 197 Å². The number of benzene rings is 3. The quantitative estimate of drug-likeness (QED) is 0.472. The number of anilines is 2. The number of aryl methyl sites for hydroxylation is 1. The van der Waals surface area contributed by atoms with E-state index < -0.39 is 21.9 Å². The summed E-state index contributed by atoms with van der Waals surface area (Å²) in [7, 11) is -2.79. The molecule has 2 N–H and O–H groups in total. The summed E-state index contributed by atoms with van der Waals surface area (Å²) in [6, 6.07) is 14.1. The van der Waals surface area contributed by atoms with Crippen LogP contribution in [0.1, 0.15) is 37.4 Å². The van der Waals surface area contributed by atoms with E-state index in [1.165, 1.54) is 25.3 Å². The number of sulfonamides is 1. The summed E-state index contributed by atoms with van der Waals surface area (Å²) in [5, 5.41) is 2.69. The van der Waals surface area contributed by atoms with Crippen molar-refractivity contribution in [3.05, 3.63) is 87.4 Å². The van der Waals surface area contributed by atoms with Gasteiger partial charge in [-0.1, -0.05) is 29.8 Å². The van der Waals surface area contributed by atoms with Crippen LogP contribution < -0.4 is 10.0 Å². The minimum atomic E-state index is -4.06. The van der Waals surface area contributed by atoms with Gasteiger partial charge in [0.1, 0.15) is 4.90 Å². The Morgan fingerprint density at radius 3 is 2.27 bits per heavy atom. The third-order valence-electron chi connectivity index (χ3n) is 5.32. The van der Waals surface area contributed by atoms with E-state index in [1.807, 2.05) is 19.9 Å². The molecular formula is C24H23ClN2O5S. The maximum atomic E-state index is 13.0. The van der Waals surface area contributed by atoms with Crippen molar-refractivity contribution in [2.45, 2.75) is 25.7 Å². The highest BCUT2D eigenvalue weighted by Crippen LogP contribution is 2.28. The van der Waals surface area contributed by atoms with Gasteiger partial charge < -0.3 is 10.1 Å². The number of hydrogen-bond acceptors (Lipinski definition) is 5. The molecule has 3 rings (SSSR count). The number of ether oxygens (including phenoxy) is 1. The van der Waals surface area contributed by atoms with Crippen LogP contribution in [-0.2, 0) is 14.8 Å². The van der Waals surface area contributed by atoms with Gasteiger partial charge in [-0.3, -0.25) is 9.52 Å². The predicted molar refractivity (Wildman–Crippen MR) is 129 cm³/mol. The molecule has 172 valence electrons. The largest absolute Gasteiger partial charge is 0.465 e. The van der Waals surface area contributed by atoms with Crippen molar-refractivity contribution >= 4 is 44.9 Å². The van der Waals surface area contributed by atoms with Crippen molar-refractivity contribution in [3.8, 4) is 0 Å². The van der Waals surface area contributed by atoms with E-state index >= 15 is 0 Å². The number of carbonyl (C=O) groups excluding carboxylic acids is 2. The summed E-state index contributed by atoms with van der Waals surface area (Å²) >= 11 is 6.18. The van der Waals surface area contributed by atoms with Gasteiger partial charge in [0.25, 0.3) is 15.9 Å². The van der Waals surface area contributed by atoms with Crippen molar-refractivity contribution in [2.75, 3.05) is 17.1 Å². The number of carbonyl (C=O) groups is 2. The average molecular weight is 487 g/mol. The maximum Gasteiger partial charge on any atom is 0.338 e. The maximum absolute atomic E-state index is 13.0. The normalized spacial score (nSPS) is 11.1. The van der Waals surface area contributed by atoms with E-state index in [-0.39, 0.29) is 15.5 Å². The highest BCUT2D eigenvalue weighted by atomic mass is 35.5. The summed E-state index contributed by atoms with van der Waals surface area (Å²) < 4.78 is 33.4. The summed E-state index contributed by atoms with van der Waals surface area (Å²) in [5.41, 5.74) is 3.46. The molecule has 0 radical (unpaired) electrons. The van der Waals surface area contributed by atoms with Crippen LogP contribution in [0.25, 0.3) is 0 Å². The lowest BCUT2D eigenvalue weighted by atomic mass is 10.1. The molecule has 0 saturated carbocycles. The molecule has 0 atom stereocenters. The first-order valence-corrected chi connectivity index (χ1v) is 11.8. The minimum Gasteiger partial charge on any atom is -0.465 e. The van der Waals surface area contributed by atoms with Gasteiger partial charge in [0.2, 0.25) is 0 Å². The Morgan fingerprint density at radius 2 is 1.58 bits per heavy atom. The smallest absolute Gasteiger partial charge is 0.338 e. The molecule has 0 aromatic heterocycles. The number of amides is 1. The highest BCUT2D eigenvalue weighted by molar-refractivity contribution is 7.92. The van der Waals surface area contributed by atoms with Crippen LogP contribution in [-0.4, -0.2) is 27.4 Å². The number of nitrogens with one attached hydrogen (secondary N) is 2. The number of esters is 1. The van der Waals surface area contributed by atoms with Crippen molar-refractivity contribution in [2.24, 2.45) is 0 Å². The molecule has 0 spiro atoms. The van der Waals surface area contributed by atoms with Crippen molar-refractivity contribution in [1.29, 1.82) is 0 Å². The van der Waals surface area contributed by atoms with Gasteiger partial charge in [-0.25, -0.2) is 13.2 Å². The molecule has 0 heterocycles. The van der Waals surface area contributed by atoms with Gasteiger partial charge in [0, 0.05) is 11.3 Å². The Balaban J connectivity index is 1.92. The first kappa shape index (κ1) is 24.3. The molecule has 7 nitrogen and oxygen atoms in total. The van der Waals surface area contributed by atoms with Gasteiger partial charge in [0.15, 0.2) is 0 Å². The fourth-order valence-electron chi connectivity index (χ4n) is 3.21. The minimum absolute atomic E-state index is 0.0202. The Bertz CT molecular complexity index is 1350. The lowest BCUT2D eigenvalue weighted by molar-refractivity contribution is 0.0599. The molecule has 0 saturated heterocycles. The fourth-order valence-corrected chi connectivity index (χ4v) is 4.86. The van der Waals surface area contributed by atoms with Crippen LogP contribution in [0.5, 0.6) is 0 Å². The van der Waals surface area contributed by atoms with Crippen LogP contribution in [0.15, 0.2) is 59.5 Å². The van der Waals surface area contributed by atoms with Crippen LogP contribution in [0, 0.1) is 20.8 Å². The van der Waals surface area contributed by atoms with E-state index in [4.69, 9.17) is 16.3 Å². The number of rotatable bonds is 6. The lowest BCUT2D eigenvalue weighted by Gasteiger charge is -2.14. The van der Waals surface area contributed by atoms with Crippen LogP contribution >= 0.6 is 11.6 Å². The first-order chi connectivity index (χ1) is 15.5. The number of hydrogen-bond donors (Lipinski definition) is 2. The third kappa shape index (κ3) is 5.18. The van der Waals surface area contributed by atoms with E-state index in [0.29, 0.717) is 22.5 Å². The van der Waals surface area contributed by atoms with Crippen molar-refractivity contribution < 1.29 is 22.7 Å². The summed E-state index contributed by atoms with van der Waals surface area (Å²) in [6.07, 6.45) is 0. The second kappa shape index (κ2) is 9.64. The second-order valence-electron chi connectivity index (χ2n) is 7.42. The molecule has 3 aromatic rings. The van der Waals surface area contributed by atoms with E-state index in [2.05, 4.69) is 10.0 Å². The first-order valence-electron chi connectivity index (χ1n) is 9.93. The average Bonchev–Trinajstić information content (AvgIpc) is 2.77. The predicted octanol–water partition coefficient (Wildman–Crippen LogP) is 5.10. The van der Waals surface area contributed by atoms with Gasteiger partial charge in [-0.15, -0.1) is 0 Å². The molecule has 1 amide bonds. The molecule has 0 bridgehead atoms. The van der Waals surface area contributed by atoms with Crippen molar-refractivity contribution in [1.82, 2.24) is 0 Å². The Morgan fingerprint density at radius 1 is 0.909 bits per heavy atom. The SMILES string of the molecule is COC(=O)c1cccc(NC(=O)c2ccc(Cl)c(S(=O)(=O)Nc3cccc(C)c3C)c2)c1C. The molecule has 0 aliphatic heterocycles. The lowest BCUT2D eigenvalue weighted by Crippen LogP contribution is -2.17. The zero-order valence-corrected chi connectivity index (χ0v) is 20.1. The molecule has 0 unspecified atom stereocenters. The van der Waals surface area contributed by atoms with Crippen molar-refractivity contribution in [3.63, 3.8) is 0 Å². The zero-order chi connectivity index (χ0) is 24.3. The second-order valence-corrected chi connectivity index (χ2v) is 9.48. The highest BCUT2D eigenvalue weighted by Gasteiger charge is 2.22. The van der Waals surface area contributed by atoms with Crippen LogP contribution in [0.4, 0.5) is 11.4 Å². The number of halogens is 1. The van der Waals surface area contributed by atoms with Gasteiger partial charge in [0.05, 0.1) is 23.4 Å². The van der Waals surface area contributed by atoms with Crippen LogP contribution in [0.2, 0.25) is 5.02 Å². The fraction of sp³-hybridized carbons (Fsp3) is 0.167. The monoisotopic (exact) mass is 486 g/mol. The third-order valence-corrected chi connectivity index (χ3v) is 7.17. The molecule has 0 aliphatic carbocycles. The van der Waals surface area contributed by atoms with Crippen LogP contribution in [0.3, 0.4) is 0 Å². The van der Waals surface area contributed by atoms with E-state index in [9.17, 15) is 18.0 Å². The van der Waals surface area contributed by atoms with Gasteiger partial charge in [-0.05, 0) is 73.9 Å². The Hall–Kier alpha value is -3.36. The molecule has 0 fully saturated rings. The zero-order valence-electron chi connectivity index (χ0n) is 18.5. The van der Waals surface area contributed by atoms with Gasteiger partial charge >= 0.3 is 5.97 Å². The molecule has 33 heavy (non-hydrogen) atoms. The molecule has 0 aliphatic rings. The summed E-state index contributed by atoms with van der Waals surface area (Å²) in [6.45, 7) is 5.36. The van der Waals surface area contributed by atoms with Gasteiger partial charge in [-0.2, -0.15) is 0 Å². The molecule has 3 aromatic carbocycles.